The van der Waals surface area contributed by atoms with Crippen molar-refractivity contribution in [2.24, 2.45) is 23.0 Å². The Morgan fingerprint density at radius 2 is 1.34 bits per heavy atom. The van der Waals surface area contributed by atoms with Gasteiger partial charge in [0.25, 0.3) is 5.91 Å². The predicted octanol–water partition coefficient (Wildman–Crippen LogP) is 6.88. The van der Waals surface area contributed by atoms with Gasteiger partial charge in [-0.3, -0.25) is 4.79 Å². The van der Waals surface area contributed by atoms with Crippen molar-refractivity contribution in [1.29, 1.82) is 0 Å². The van der Waals surface area contributed by atoms with Crippen LogP contribution < -0.4 is 30.5 Å². The van der Waals surface area contributed by atoms with Crippen molar-refractivity contribution in [2.45, 2.75) is 83.2 Å². The highest BCUT2D eigenvalue weighted by molar-refractivity contribution is 5.98. The molecule has 1 amide bonds. The number of methoxy groups -OCH3 is 1. The lowest BCUT2D eigenvalue weighted by molar-refractivity contribution is -0.117. The second-order valence-corrected chi connectivity index (χ2v) is 18.6. The quantitative estimate of drug-likeness (QED) is 0.102. The van der Waals surface area contributed by atoms with Gasteiger partial charge in [-0.05, 0) is 99.7 Å². The molecule has 4 N–H and O–H groups in total. The summed E-state index contributed by atoms with van der Waals surface area (Å²) in [7, 11) is 4.77. The molecule has 4 fully saturated rings. The molecule has 8 rings (SSSR count). The molecule has 366 valence electrons. The number of halogens is 3. The van der Waals surface area contributed by atoms with Gasteiger partial charge in [-0.1, -0.05) is 18.9 Å². The predicted molar refractivity (Wildman–Crippen MR) is 256 cm³/mol. The van der Waals surface area contributed by atoms with Crippen molar-refractivity contribution < 1.29 is 42.2 Å². The second kappa shape index (κ2) is 24.2. The van der Waals surface area contributed by atoms with E-state index in [9.17, 15) is 33.1 Å². The number of aromatic hydroxyl groups is 1. The minimum atomic E-state index is -0.857. The number of aldehydes is 3. The summed E-state index contributed by atoms with van der Waals surface area (Å²) in [6.07, 6.45) is 11.2. The lowest BCUT2D eigenvalue weighted by atomic mass is 9.75. The Labute approximate surface area is 393 Å². The number of hydrogen-bond acceptors (Lipinski definition) is 12. The molecule has 16 heteroatoms. The highest BCUT2D eigenvalue weighted by atomic mass is 19.1. The van der Waals surface area contributed by atoms with Crippen LogP contribution in [0, 0.1) is 34.7 Å². The molecule has 0 bridgehead atoms. The van der Waals surface area contributed by atoms with E-state index in [4.69, 9.17) is 4.74 Å². The summed E-state index contributed by atoms with van der Waals surface area (Å²) in [5.41, 5.74) is 6.80. The lowest BCUT2D eigenvalue weighted by Gasteiger charge is -2.42. The number of ether oxygens (including phenoxy) is 1. The maximum absolute atomic E-state index is 16.3. The summed E-state index contributed by atoms with van der Waals surface area (Å²) in [4.78, 5) is 55.0. The van der Waals surface area contributed by atoms with Crippen LogP contribution in [0.15, 0.2) is 42.5 Å². The fourth-order valence-corrected chi connectivity index (χ4v) is 10.9. The van der Waals surface area contributed by atoms with Crippen LogP contribution in [0.5, 0.6) is 11.5 Å². The highest BCUT2D eigenvalue weighted by Crippen LogP contribution is 2.53. The van der Waals surface area contributed by atoms with E-state index in [1.807, 2.05) is 6.07 Å². The molecule has 1 saturated carbocycles. The highest BCUT2D eigenvalue weighted by Gasteiger charge is 2.46. The van der Waals surface area contributed by atoms with Gasteiger partial charge in [-0.25, -0.2) is 13.2 Å². The first-order chi connectivity index (χ1) is 32.5. The summed E-state index contributed by atoms with van der Waals surface area (Å²) >= 11 is 0. The topological polar surface area (TPSA) is 152 Å². The van der Waals surface area contributed by atoms with Crippen molar-refractivity contribution >= 4 is 41.8 Å². The zero-order valence-corrected chi connectivity index (χ0v) is 39.5. The Hall–Kier alpha value is -5.19. The summed E-state index contributed by atoms with van der Waals surface area (Å²) in [5.74, 6) is -0.587. The molecule has 13 nitrogen and oxygen atoms in total. The number of anilines is 3. The Kier molecular flexibility index (Phi) is 18.5. The van der Waals surface area contributed by atoms with Gasteiger partial charge < -0.3 is 59.8 Å². The van der Waals surface area contributed by atoms with E-state index in [-0.39, 0.29) is 23.2 Å². The van der Waals surface area contributed by atoms with Crippen LogP contribution in [-0.2, 0) is 20.9 Å². The van der Waals surface area contributed by atoms with Crippen molar-refractivity contribution in [3.8, 4) is 11.5 Å². The van der Waals surface area contributed by atoms with E-state index in [1.165, 1.54) is 31.3 Å². The number of carbonyl (C=O) groups excluding carboxylic acids is 4. The lowest BCUT2D eigenvalue weighted by Crippen LogP contribution is -2.50. The van der Waals surface area contributed by atoms with E-state index in [0.29, 0.717) is 78.7 Å². The molecule has 5 aliphatic rings. The first kappa shape index (κ1) is 51.2. The minimum Gasteiger partial charge on any atom is -0.503 e. The molecule has 1 atom stereocenters. The zero-order chi connectivity index (χ0) is 48.1. The van der Waals surface area contributed by atoms with Gasteiger partial charge in [0.05, 0.1) is 35.6 Å². The number of nitrogens with two attached hydrogens (primary N) is 1. The van der Waals surface area contributed by atoms with Crippen LogP contribution in [0.1, 0.15) is 98.2 Å². The number of hydrogen-bond donors (Lipinski definition) is 3. The van der Waals surface area contributed by atoms with Gasteiger partial charge in [0.15, 0.2) is 11.6 Å². The number of phenols is 1. The molecule has 3 aromatic rings. The summed E-state index contributed by atoms with van der Waals surface area (Å²) in [5, 5.41) is 13.5. The molecule has 3 aromatic carbocycles. The van der Waals surface area contributed by atoms with Crippen LogP contribution >= 0.6 is 0 Å². The third kappa shape index (κ3) is 12.1. The molecule has 1 unspecified atom stereocenters. The number of phenolic OH excluding ortho intramolecular Hbond substituents is 1. The van der Waals surface area contributed by atoms with Crippen LogP contribution in [0.25, 0.3) is 0 Å². The number of nitrogens with one attached hydrogen (secondary N) is 1. The second-order valence-electron chi connectivity index (χ2n) is 18.6. The number of piperidine rings is 2. The van der Waals surface area contributed by atoms with Crippen molar-refractivity contribution in [1.82, 2.24) is 15.1 Å². The Morgan fingerprint density at radius 1 is 0.806 bits per heavy atom. The van der Waals surface area contributed by atoms with E-state index < -0.39 is 23.0 Å². The largest absolute Gasteiger partial charge is 0.503 e. The van der Waals surface area contributed by atoms with Gasteiger partial charge in [0, 0.05) is 109 Å². The van der Waals surface area contributed by atoms with Crippen LogP contribution in [0.4, 0.5) is 30.2 Å². The Balaban J connectivity index is 0.000000755. The van der Waals surface area contributed by atoms with Gasteiger partial charge >= 0.3 is 0 Å². The number of amides is 1. The number of unbranched alkanes of at least 4 members (excludes halogenated alkanes) is 2. The molecular weight excluding hydrogens is 864 g/mol. The number of fused-ring (bicyclic) bond motifs is 1. The Morgan fingerprint density at radius 3 is 1.87 bits per heavy atom. The third-order valence-electron chi connectivity index (χ3n) is 14.5. The SMILES string of the molecule is CN.COc1cc(N2CCC(CN3CCN(CC4CCN(c5cc6c(cc5F)C(=O)NC6)CC4)CC3)CC2)c(F)cc1C(N(C)c1cccc(F)c1O)C1(C=O)CCCC1.O=CCCCC=O. The average Bonchev–Trinajstić information content (AvgIpc) is 3.98. The van der Waals surface area contributed by atoms with Crippen molar-refractivity contribution in [2.75, 3.05) is 101 Å². The minimum absolute atomic E-state index is 0.196. The molecule has 4 aliphatic heterocycles. The maximum Gasteiger partial charge on any atom is 0.252 e. The molecule has 4 heterocycles. The van der Waals surface area contributed by atoms with Crippen LogP contribution in [0.2, 0.25) is 0 Å². The molecule has 1 aliphatic carbocycles. The first-order valence-corrected chi connectivity index (χ1v) is 24.0. The van der Waals surface area contributed by atoms with Crippen LogP contribution in [0.3, 0.4) is 0 Å². The number of para-hydroxylation sites is 1. The number of piperazine rings is 1. The molecule has 3 saturated heterocycles. The van der Waals surface area contributed by atoms with E-state index in [2.05, 4.69) is 30.7 Å². The van der Waals surface area contributed by atoms with E-state index >= 15 is 4.39 Å². The number of nitrogens with zero attached hydrogens (tertiary/aromatic N) is 5. The van der Waals surface area contributed by atoms with Gasteiger partial charge in [0.1, 0.15) is 36.2 Å². The van der Waals surface area contributed by atoms with E-state index in [0.717, 1.165) is 128 Å². The smallest absolute Gasteiger partial charge is 0.252 e. The average molecular weight is 934 g/mol. The standard InChI is InChI=1S/C45H57F3N6O4.C5H8O2.CH5N/c1-50(38-7-5-6-35(46)42(38)56)43(45(29-55)12-3-4-13-45)34-24-37(48)40(25-41(34)58-2)54-16-10-31(11-17-54)28-52-20-18-51(19-21-52)27-30-8-14-53(15-9-30)39-22-32-26-49-44(57)33(32)23-36(39)47;6-4-2-1-3-5-7;1-2/h5-7,22-25,29-31,43,56H,3-4,8-21,26-28H2,1-2H3,(H,49,57);4-5H,1-3H2;2H2,1H3. The normalized spacial score (nSPS) is 19.3. The summed E-state index contributed by atoms with van der Waals surface area (Å²) in [6.45, 7) is 9.81. The number of rotatable bonds is 16. The summed E-state index contributed by atoms with van der Waals surface area (Å²) < 4.78 is 51.7. The number of benzene rings is 3. The van der Waals surface area contributed by atoms with Gasteiger partial charge in [-0.15, -0.1) is 0 Å². The zero-order valence-electron chi connectivity index (χ0n) is 39.5. The molecule has 0 aromatic heterocycles. The maximum atomic E-state index is 16.3. The van der Waals surface area contributed by atoms with Crippen molar-refractivity contribution in [3.63, 3.8) is 0 Å². The van der Waals surface area contributed by atoms with Crippen molar-refractivity contribution in [3.05, 3.63) is 76.6 Å². The fourth-order valence-electron chi connectivity index (χ4n) is 10.9. The molecule has 67 heavy (non-hydrogen) atoms. The van der Waals surface area contributed by atoms with Gasteiger partial charge in [-0.2, -0.15) is 0 Å². The van der Waals surface area contributed by atoms with Crippen LogP contribution in [-0.4, -0.2) is 126 Å². The summed E-state index contributed by atoms with van der Waals surface area (Å²) in [6, 6.07) is 10.1. The third-order valence-corrected chi connectivity index (χ3v) is 14.5. The fraction of sp³-hybridized carbons (Fsp3) is 0.569. The monoisotopic (exact) mass is 934 g/mol. The number of carbonyl (C=O) groups is 4. The first-order valence-electron chi connectivity index (χ1n) is 24.0. The van der Waals surface area contributed by atoms with Gasteiger partial charge in [0.2, 0.25) is 0 Å². The Bertz CT molecular complexity index is 2130. The molecular formula is C51H70F3N7O6. The molecule has 0 spiro atoms. The molecule has 0 radical (unpaired) electrons. The van der Waals surface area contributed by atoms with E-state index in [1.54, 1.807) is 31.2 Å².